The van der Waals surface area contributed by atoms with Crippen LogP contribution in [0.15, 0.2) is 4.99 Å². The third-order valence-electron chi connectivity index (χ3n) is 3.76. The molecule has 116 valence electrons. The molecule has 2 rings (SSSR count). The van der Waals surface area contributed by atoms with Crippen LogP contribution in [-0.4, -0.2) is 76.7 Å². The Kier molecular flexibility index (Phi) is 6.56. The summed E-state index contributed by atoms with van der Waals surface area (Å²) in [5, 5.41) is 3.43. The SMILES string of the molecule is CN=C(NCC1CCCCO1)N1CCOC(COC)C1. The number of guanidine groups is 1. The van der Waals surface area contributed by atoms with Gasteiger partial charge in [0.25, 0.3) is 0 Å². The summed E-state index contributed by atoms with van der Waals surface area (Å²) in [6.45, 7) is 4.75. The Balaban J connectivity index is 1.78. The second-order valence-corrected chi connectivity index (χ2v) is 5.31. The minimum atomic E-state index is 0.123. The summed E-state index contributed by atoms with van der Waals surface area (Å²) in [4.78, 5) is 6.60. The summed E-state index contributed by atoms with van der Waals surface area (Å²) in [6, 6.07) is 0. The summed E-state index contributed by atoms with van der Waals surface area (Å²) in [6.07, 6.45) is 4.03. The van der Waals surface area contributed by atoms with E-state index in [1.165, 1.54) is 12.8 Å². The lowest BCUT2D eigenvalue weighted by molar-refractivity contribution is -0.0450. The highest BCUT2D eigenvalue weighted by atomic mass is 16.5. The van der Waals surface area contributed by atoms with Crippen molar-refractivity contribution in [1.82, 2.24) is 10.2 Å². The molecule has 2 aliphatic heterocycles. The van der Waals surface area contributed by atoms with Crippen LogP contribution in [0.5, 0.6) is 0 Å². The Morgan fingerprint density at radius 2 is 2.15 bits per heavy atom. The highest BCUT2D eigenvalue weighted by Gasteiger charge is 2.23. The zero-order valence-electron chi connectivity index (χ0n) is 12.6. The Labute approximate surface area is 121 Å². The molecule has 0 aromatic heterocycles. The van der Waals surface area contributed by atoms with E-state index < -0.39 is 0 Å². The molecular formula is C14H27N3O3. The van der Waals surface area contributed by atoms with Gasteiger partial charge in [-0.05, 0) is 19.3 Å². The van der Waals surface area contributed by atoms with Crippen molar-refractivity contribution in [2.24, 2.45) is 4.99 Å². The van der Waals surface area contributed by atoms with Crippen molar-refractivity contribution in [3.8, 4) is 0 Å². The minimum Gasteiger partial charge on any atom is -0.382 e. The zero-order chi connectivity index (χ0) is 14.2. The summed E-state index contributed by atoms with van der Waals surface area (Å²) in [5.41, 5.74) is 0. The van der Waals surface area contributed by atoms with Gasteiger partial charge in [0.05, 0.1) is 25.4 Å². The molecular weight excluding hydrogens is 258 g/mol. The number of hydrogen-bond donors (Lipinski definition) is 1. The molecule has 2 aliphatic rings. The molecule has 0 saturated carbocycles. The first kappa shape index (κ1) is 15.5. The first-order valence-electron chi connectivity index (χ1n) is 7.51. The lowest BCUT2D eigenvalue weighted by atomic mass is 10.1. The number of hydrogen-bond acceptors (Lipinski definition) is 4. The van der Waals surface area contributed by atoms with Crippen LogP contribution in [0.1, 0.15) is 19.3 Å². The molecule has 0 spiro atoms. The molecule has 2 unspecified atom stereocenters. The molecule has 0 radical (unpaired) electrons. The van der Waals surface area contributed by atoms with Gasteiger partial charge in [0.2, 0.25) is 0 Å². The number of ether oxygens (including phenoxy) is 3. The molecule has 0 aromatic rings. The first-order chi connectivity index (χ1) is 9.83. The standard InChI is InChI=1S/C14H27N3O3/c1-15-14(16-9-12-5-3-4-7-19-12)17-6-8-20-13(10-17)11-18-2/h12-13H,3-11H2,1-2H3,(H,15,16). The van der Waals surface area contributed by atoms with E-state index in [1.54, 1.807) is 7.11 Å². The van der Waals surface area contributed by atoms with Crippen LogP contribution in [0.4, 0.5) is 0 Å². The van der Waals surface area contributed by atoms with Crippen LogP contribution in [0.3, 0.4) is 0 Å². The van der Waals surface area contributed by atoms with Gasteiger partial charge in [-0.2, -0.15) is 0 Å². The molecule has 0 amide bonds. The normalized spacial score (nSPS) is 28.5. The molecule has 2 heterocycles. The summed E-state index contributed by atoms with van der Waals surface area (Å²) >= 11 is 0. The van der Waals surface area contributed by atoms with Gasteiger partial charge < -0.3 is 24.4 Å². The highest BCUT2D eigenvalue weighted by Crippen LogP contribution is 2.12. The van der Waals surface area contributed by atoms with Gasteiger partial charge in [0.15, 0.2) is 5.96 Å². The molecule has 6 nitrogen and oxygen atoms in total. The van der Waals surface area contributed by atoms with E-state index in [2.05, 4.69) is 15.2 Å². The average Bonchev–Trinajstić information content (AvgIpc) is 2.50. The van der Waals surface area contributed by atoms with Gasteiger partial charge in [0, 0.05) is 40.4 Å². The maximum atomic E-state index is 5.74. The summed E-state index contributed by atoms with van der Waals surface area (Å²) in [7, 11) is 3.53. The van der Waals surface area contributed by atoms with Crippen LogP contribution >= 0.6 is 0 Å². The Hall–Kier alpha value is -0.850. The van der Waals surface area contributed by atoms with Crippen molar-refractivity contribution in [1.29, 1.82) is 0 Å². The van der Waals surface area contributed by atoms with E-state index in [0.717, 1.165) is 38.6 Å². The van der Waals surface area contributed by atoms with Crippen molar-refractivity contribution in [2.75, 3.05) is 53.6 Å². The quantitative estimate of drug-likeness (QED) is 0.601. The number of morpholine rings is 1. The fourth-order valence-corrected chi connectivity index (χ4v) is 2.70. The Morgan fingerprint density at radius 1 is 1.30 bits per heavy atom. The lowest BCUT2D eigenvalue weighted by Gasteiger charge is -2.35. The largest absolute Gasteiger partial charge is 0.382 e. The van der Waals surface area contributed by atoms with Crippen molar-refractivity contribution >= 4 is 5.96 Å². The predicted octanol–water partition coefficient (Wildman–Crippen LogP) is 0.478. The average molecular weight is 285 g/mol. The molecule has 2 fully saturated rings. The van der Waals surface area contributed by atoms with E-state index in [1.807, 2.05) is 7.05 Å². The number of nitrogens with one attached hydrogen (secondary N) is 1. The minimum absolute atomic E-state index is 0.123. The van der Waals surface area contributed by atoms with Gasteiger partial charge in [-0.25, -0.2) is 0 Å². The smallest absolute Gasteiger partial charge is 0.193 e. The van der Waals surface area contributed by atoms with Crippen LogP contribution < -0.4 is 5.32 Å². The van der Waals surface area contributed by atoms with Crippen LogP contribution in [-0.2, 0) is 14.2 Å². The van der Waals surface area contributed by atoms with Crippen molar-refractivity contribution in [3.05, 3.63) is 0 Å². The van der Waals surface area contributed by atoms with Crippen LogP contribution in [0, 0.1) is 0 Å². The van der Waals surface area contributed by atoms with E-state index >= 15 is 0 Å². The number of nitrogens with zero attached hydrogens (tertiary/aromatic N) is 2. The molecule has 1 N–H and O–H groups in total. The van der Waals surface area contributed by atoms with Crippen LogP contribution in [0.2, 0.25) is 0 Å². The second kappa shape index (κ2) is 8.44. The Morgan fingerprint density at radius 3 is 2.85 bits per heavy atom. The van der Waals surface area contributed by atoms with Crippen LogP contribution in [0.25, 0.3) is 0 Å². The van der Waals surface area contributed by atoms with Crippen molar-refractivity contribution < 1.29 is 14.2 Å². The number of methoxy groups -OCH3 is 1. The third kappa shape index (κ3) is 4.61. The number of aliphatic imine (C=N–C) groups is 1. The maximum absolute atomic E-state index is 5.74. The molecule has 0 aliphatic carbocycles. The first-order valence-corrected chi connectivity index (χ1v) is 7.51. The van der Waals surface area contributed by atoms with E-state index in [0.29, 0.717) is 19.3 Å². The fourth-order valence-electron chi connectivity index (χ4n) is 2.70. The topological polar surface area (TPSA) is 55.3 Å². The second-order valence-electron chi connectivity index (χ2n) is 5.31. The number of rotatable bonds is 4. The van der Waals surface area contributed by atoms with Crippen molar-refractivity contribution in [3.63, 3.8) is 0 Å². The zero-order valence-corrected chi connectivity index (χ0v) is 12.6. The van der Waals surface area contributed by atoms with E-state index in [9.17, 15) is 0 Å². The monoisotopic (exact) mass is 285 g/mol. The fraction of sp³-hybridized carbons (Fsp3) is 0.929. The van der Waals surface area contributed by atoms with Gasteiger partial charge >= 0.3 is 0 Å². The predicted molar refractivity (Wildman–Crippen MR) is 78.1 cm³/mol. The summed E-state index contributed by atoms with van der Waals surface area (Å²) in [5.74, 6) is 0.934. The Bertz CT molecular complexity index is 304. The molecule has 0 bridgehead atoms. The third-order valence-corrected chi connectivity index (χ3v) is 3.76. The van der Waals surface area contributed by atoms with E-state index in [4.69, 9.17) is 14.2 Å². The maximum Gasteiger partial charge on any atom is 0.193 e. The van der Waals surface area contributed by atoms with Gasteiger partial charge in [-0.1, -0.05) is 0 Å². The summed E-state index contributed by atoms with van der Waals surface area (Å²) < 4.78 is 16.6. The molecule has 20 heavy (non-hydrogen) atoms. The van der Waals surface area contributed by atoms with E-state index in [-0.39, 0.29) is 6.10 Å². The molecule has 2 saturated heterocycles. The lowest BCUT2D eigenvalue weighted by Crippen LogP contribution is -2.52. The van der Waals surface area contributed by atoms with Gasteiger partial charge in [-0.15, -0.1) is 0 Å². The van der Waals surface area contributed by atoms with Gasteiger partial charge in [0.1, 0.15) is 0 Å². The highest BCUT2D eigenvalue weighted by molar-refractivity contribution is 5.80. The molecule has 0 aromatic carbocycles. The van der Waals surface area contributed by atoms with Crippen molar-refractivity contribution in [2.45, 2.75) is 31.5 Å². The molecule has 6 heteroatoms. The molecule has 2 atom stereocenters. The van der Waals surface area contributed by atoms with Gasteiger partial charge in [-0.3, -0.25) is 4.99 Å².